The van der Waals surface area contributed by atoms with Gasteiger partial charge in [0.25, 0.3) is 0 Å². The summed E-state index contributed by atoms with van der Waals surface area (Å²) in [5.74, 6) is 0.382. The quantitative estimate of drug-likeness (QED) is 0.805. The van der Waals surface area contributed by atoms with E-state index in [4.69, 9.17) is 0 Å². The fraction of sp³-hybridized carbons (Fsp3) is 0.200. The lowest BCUT2D eigenvalue weighted by Gasteiger charge is -2.05. The summed E-state index contributed by atoms with van der Waals surface area (Å²) >= 11 is 0. The summed E-state index contributed by atoms with van der Waals surface area (Å²) in [6.45, 7) is 4.04. The van der Waals surface area contributed by atoms with Crippen LogP contribution in [-0.4, -0.2) is 19.2 Å². The third kappa shape index (κ3) is 2.36. The first-order chi connectivity index (χ1) is 9.65. The van der Waals surface area contributed by atoms with Crippen LogP contribution in [0.2, 0.25) is 0 Å². The third-order valence-corrected chi connectivity index (χ3v) is 4.59. The van der Waals surface area contributed by atoms with E-state index in [1.54, 1.807) is 6.20 Å². The monoisotopic (exact) mass is 287 g/mol. The van der Waals surface area contributed by atoms with E-state index in [-0.39, 0.29) is 1.43 Å². The van der Waals surface area contributed by atoms with Crippen LogP contribution in [0.25, 0.3) is 11.0 Å². The first-order valence-electron chi connectivity index (χ1n) is 6.39. The molecule has 0 radical (unpaired) electrons. The highest BCUT2D eigenvalue weighted by atomic mass is 32.2. The molecule has 0 aliphatic rings. The molecule has 5 heteroatoms. The Balaban J connectivity index is 0.00000161. The molecule has 4 nitrogen and oxygen atoms in total. The van der Waals surface area contributed by atoms with Crippen molar-refractivity contribution < 1.29 is 5.64 Å². The predicted octanol–water partition coefficient (Wildman–Crippen LogP) is 3.13. The maximum absolute atomic E-state index is 12.4. The van der Waals surface area contributed by atoms with Gasteiger partial charge in [0.05, 0.1) is 33.3 Å². The Morgan fingerprint density at radius 3 is 2.85 bits per heavy atom. The number of aryl methyl sites for hydroxylation is 1. The van der Waals surface area contributed by atoms with E-state index in [9.17, 15) is 4.21 Å². The zero-order valence-electron chi connectivity index (χ0n) is 11.4. The summed E-state index contributed by atoms with van der Waals surface area (Å²) < 4.78 is 12.4. The van der Waals surface area contributed by atoms with Gasteiger partial charge in [0, 0.05) is 7.62 Å². The van der Waals surface area contributed by atoms with Gasteiger partial charge in [-0.2, -0.15) is 0 Å². The Kier molecular flexibility index (Phi) is 3.36. The molecule has 0 bridgehead atoms. The van der Waals surface area contributed by atoms with Crippen molar-refractivity contribution in [3.63, 3.8) is 0 Å². The second kappa shape index (κ2) is 5.17. The minimum Gasteiger partial charge on any atom is -0.331 e. The van der Waals surface area contributed by atoms with Gasteiger partial charge in [-0.15, -0.1) is 0 Å². The number of aromatic amines is 1. The van der Waals surface area contributed by atoms with Crippen LogP contribution in [0, 0.1) is 13.8 Å². The molecule has 0 saturated heterocycles. The Labute approximate surface area is 121 Å². The molecule has 1 unspecified atom stereocenters. The lowest BCUT2D eigenvalue weighted by molar-refractivity contribution is 0.676. The Morgan fingerprint density at radius 2 is 2.05 bits per heavy atom. The van der Waals surface area contributed by atoms with E-state index in [0.717, 1.165) is 27.9 Å². The zero-order chi connectivity index (χ0) is 14.1. The predicted molar refractivity (Wildman–Crippen MR) is 82.0 cm³/mol. The molecule has 0 amide bonds. The van der Waals surface area contributed by atoms with E-state index in [2.05, 4.69) is 15.0 Å². The second-order valence-electron chi connectivity index (χ2n) is 4.75. The van der Waals surface area contributed by atoms with E-state index < -0.39 is 10.8 Å². The van der Waals surface area contributed by atoms with Gasteiger partial charge in [0.2, 0.25) is 0 Å². The first kappa shape index (κ1) is 13.0. The average molecular weight is 287 g/mol. The van der Waals surface area contributed by atoms with Gasteiger partial charge >= 0.3 is 0 Å². The van der Waals surface area contributed by atoms with Crippen LogP contribution in [-0.2, 0) is 16.6 Å². The number of hydrogen-bond donors (Lipinski definition) is 1. The number of H-pyrrole nitrogens is 1. The normalized spacial score (nSPS) is 12.7. The number of nitrogens with one attached hydrogen (secondary N) is 1. The number of para-hydroxylation sites is 2. The Hall–Kier alpha value is -2.01. The lowest BCUT2D eigenvalue weighted by Crippen LogP contribution is -2.03. The minimum atomic E-state index is -1.21. The van der Waals surface area contributed by atoms with Crippen LogP contribution < -0.4 is 0 Å². The van der Waals surface area contributed by atoms with Crippen molar-refractivity contribution >= 4 is 21.8 Å². The fourth-order valence-corrected chi connectivity index (χ4v) is 3.16. The molecular weight excluding hydrogens is 270 g/mol. The van der Waals surface area contributed by atoms with E-state index in [1.807, 2.05) is 44.2 Å². The van der Waals surface area contributed by atoms with Crippen LogP contribution in [0.4, 0.5) is 0 Å². The van der Waals surface area contributed by atoms with Gasteiger partial charge in [-0.25, -0.2) is 4.98 Å². The van der Waals surface area contributed by atoms with E-state index >= 15 is 0 Å². The molecule has 3 rings (SSSR count). The summed E-state index contributed by atoms with van der Waals surface area (Å²) in [4.78, 5) is 11.8. The highest BCUT2D eigenvalue weighted by Gasteiger charge is 2.13. The van der Waals surface area contributed by atoms with Crippen molar-refractivity contribution in [2.45, 2.75) is 24.8 Å². The van der Waals surface area contributed by atoms with Crippen LogP contribution in [0.5, 0.6) is 0 Å². The maximum atomic E-state index is 12.4. The molecule has 0 aliphatic carbocycles. The SMILES string of the molecule is Cc1ccnc(CS(=O)c2nc3ccccc3[nH]2)c1C.[HH]. The average Bonchev–Trinajstić information content (AvgIpc) is 2.88. The molecule has 0 fully saturated rings. The number of rotatable bonds is 3. The van der Waals surface area contributed by atoms with Crippen molar-refractivity contribution in [2.75, 3.05) is 0 Å². The largest absolute Gasteiger partial charge is 0.331 e. The first-order valence-corrected chi connectivity index (χ1v) is 7.71. The molecule has 2 aromatic heterocycles. The number of fused-ring (bicyclic) bond motifs is 1. The standard InChI is InChI=1S/C15H15N3OS.H2/c1-10-7-8-16-14(11(10)2)9-20(19)15-17-12-5-3-4-6-13(12)18-15;/h3-8H,9H2,1-2H3,(H,17,18);1H. The van der Waals surface area contributed by atoms with Gasteiger partial charge in [-0.05, 0) is 43.2 Å². The highest BCUT2D eigenvalue weighted by Crippen LogP contribution is 2.17. The second-order valence-corrected chi connectivity index (χ2v) is 6.11. The molecule has 0 saturated carbocycles. The molecule has 104 valence electrons. The summed E-state index contributed by atoms with van der Waals surface area (Å²) in [7, 11) is -1.21. The number of pyridine rings is 1. The van der Waals surface area contributed by atoms with Gasteiger partial charge in [0.15, 0.2) is 5.16 Å². The molecule has 3 aromatic rings. The smallest absolute Gasteiger partial charge is 0.197 e. The van der Waals surface area contributed by atoms with Gasteiger partial charge in [0.1, 0.15) is 0 Å². The van der Waals surface area contributed by atoms with Gasteiger partial charge < -0.3 is 4.98 Å². The van der Waals surface area contributed by atoms with Gasteiger partial charge in [-0.3, -0.25) is 9.19 Å². The van der Waals surface area contributed by atoms with Crippen LogP contribution >= 0.6 is 0 Å². The van der Waals surface area contributed by atoms with Crippen LogP contribution in [0.3, 0.4) is 0 Å². The zero-order valence-corrected chi connectivity index (χ0v) is 12.2. The number of aromatic nitrogens is 3. The molecule has 1 atom stereocenters. The van der Waals surface area contributed by atoms with Crippen LogP contribution in [0.1, 0.15) is 18.2 Å². The van der Waals surface area contributed by atoms with E-state index in [1.165, 1.54) is 0 Å². The summed E-state index contributed by atoms with van der Waals surface area (Å²) in [6, 6.07) is 9.65. The molecule has 0 spiro atoms. The molecule has 2 heterocycles. The fourth-order valence-electron chi connectivity index (χ4n) is 2.06. The topological polar surface area (TPSA) is 58.6 Å². The number of imidazole rings is 1. The molecule has 1 aromatic carbocycles. The van der Waals surface area contributed by atoms with Crippen molar-refractivity contribution in [3.05, 3.63) is 53.3 Å². The summed E-state index contributed by atoms with van der Waals surface area (Å²) in [5.41, 5.74) is 4.87. The minimum absolute atomic E-state index is 0. The van der Waals surface area contributed by atoms with Crippen LogP contribution in [0.15, 0.2) is 41.7 Å². The molecule has 20 heavy (non-hydrogen) atoms. The molecule has 0 aliphatic heterocycles. The van der Waals surface area contributed by atoms with Crippen molar-refractivity contribution in [2.24, 2.45) is 0 Å². The number of nitrogens with zero attached hydrogens (tertiary/aromatic N) is 2. The molecule has 1 N–H and O–H groups in total. The maximum Gasteiger partial charge on any atom is 0.197 e. The third-order valence-electron chi connectivity index (χ3n) is 3.43. The Bertz CT molecular complexity index is 767. The molecular formula is C15H17N3OS. The summed E-state index contributed by atoms with van der Waals surface area (Å²) in [5, 5.41) is 0.508. The lowest BCUT2D eigenvalue weighted by atomic mass is 10.1. The number of hydrogen-bond acceptors (Lipinski definition) is 3. The number of benzene rings is 1. The van der Waals surface area contributed by atoms with E-state index in [0.29, 0.717) is 10.9 Å². The van der Waals surface area contributed by atoms with Crippen molar-refractivity contribution in [3.8, 4) is 0 Å². The highest BCUT2D eigenvalue weighted by molar-refractivity contribution is 7.84. The summed E-state index contributed by atoms with van der Waals surface area (Å²) in [6.07, 6.45) is 1.76. The van der Waals surface area contributed by atoms with Crippen molar-refractivity contribution in [1.29, 1.82) is 0 Å². The van der Waals surface area contributed by atoms with Crippen molar-refractivity contribution in [1.82, 2.24) is 15.0 Å². The Morgan fingerprint density at radius 1 is 1.25 bits per heavy atom. The van der Waals surface area contributed by atoms with Gasteiger partial charge in [-0.1, -0.05) is 12.1 Å².